The van der Waals surface area contributed by atoms with Gasteiger partial charge in [0.05, 0.1) is 17.4 Å². The van der Waals surface area contributed by atoms with E-state index < -0.39 is 0 Å². The van der Waals surface area contributed by atoms with E-state index >= 15 is 0 Å². The minimum absolute atomic E-state index is 0.176. The Morgan fingerprint density at radius 2 is 1.58 bits per heavy atom. The molecule has 174 valence electrons. The smallest absolute Gasteiger partial charge is 0.239 e. The number of rotatable bonds is 7. The first-order valence-corrected chi connectivity index (χ1v) is 11.8. The van der Waals surface area contributed by atoms with Crippen molar-refractivity contribution in [3.8, 4) is 5.69 Å². The van der Waals surface area contributed by atoms with Crippen LogP contribution < -0.4 is 0 Å². The molecule has 1 atom stereocenters. The summed E-state index contributed by atoms with van der Waals surface area (Å²) in [6.07, 6.45) is 0. The number of hydrogen-bond donors (Lipinski definition) is 0. The Morgan fingerprint density at radius 3 is 2.21 bits per heavy atom. The quantitative estimate of drug-likeness (QED) is 0.557. The second-order valence-corrected chi connectivity index (χ2v) is 9.07. The van der Waals surface area contributed by atoms with Gasteiger partial charge in [0.1, 0.15) is 0 Å². The summed E-state index contributed by atoms with van der Waals surface area (Å²) in [4.78, 5) is 19.8. The fourth-order valence-electron chi connectivity index (χ4n) is 4.53. The maximum atomic E-state index is 13.2. The lowest BCUT2D eigenvalue weighted by molar-refractivity contribution is -0.138. The maximum Gasteiger partial charge on any atom is 0.239 e. The maximum absolute atomic E-state index is 13.2. The van der Waals surface area contributed by atoms with Crippen LogP contribution in [0.15, 0.2) is 60.7 Å². The lowest BCUT2D eigenvalue weighted by atomic mass is 10.1. The number of carbonyl (C=O) groups excluding carboxylic acids is 1. The van der Waals surface area contributed by atoms with Crippen molar-refractivity contribution >= 4 is 5.91 Å². The van der Waals surface area contributed by atoms with Crippen molar-refractivity contribution in [2.24, 2.45) is 0 Å². The average molecular weight is 446 g/mol. The van der Waals surface area contributed by atoms with E-state index in [0.29, 0.717) is 6.54 Å². The SMILES string of the molecule is Cc1nn(-c2ccccc2)c(C)c1CN(C)C(C)C(=O)N1CCN(Cc2ccccc2)CC1. The minimum atomic E-state index is -0.176. The third-order valence-electron chi connectivity index (χ3n) is 6.80. The average Bonchev–Trinajstić information content (AvgIpc) is 3.13. The molecule has 4 rings (SSSR count). The number of para-hydroxylation sites is 1. The van der Waals surface area contributed by atoms with Crippen LogP contribution in [-0.2, 0) is 17.9 Å². The number of carbonyl (C=O) groups is 1. The fourth-order valence-corrected chi connectivity index (χ4v) is 4.53. The molecule has 0 N–H and O–H groups in total. The van der Waals surface area contributed by atoms with E-state index in [1.165, 1.54) is 11.1 Å². The molecule has 3 aromatic rings. The van der Waals surface area contributed by atoms with E-state index in [9.17, 15) is 4.79 Å². The summed E-state index contributed by atoms with van der Waals surface area (Å²) in [5.41, 5.74) is 5.71. The highest BCUT2D eigenvalue weighted by molar-refractivity contribution is 5.81. The summed E-state index contributed by atoms with van der Waals surface area (Å²) in [5, 5.41) is 4.76. The van der Waals surface area contributed by atoms with Gasteiger partial charge in [0, 0.05) is 50.5 Å². The Bertz CT molecular complexity index is 1050. The molecule has 0 aliphatic carbocycles. The second-order valence-electron chi connectivity index (χ2n) is 9.07. The van der Waals surface area contributed by atoms with Gasteiger partial charge in [-0.05, 0) is 45.5 Å². The predicted molar refractivity (Wildman–Crippen MR) is 132 cm³/mol. The number of nitrogens with zero attached hydrogens (tertiary/aromatic N) is 5. The first-order chi connectivity index (χ1) is 15.9. The zero-order chi connectivity index (χ0) is 23.4. The van der Waals surface area contributed by atoms with Crippen molar-refractivity contribution in [2.75, 3.05) is 33.2 Å². The van der Waals surface area contributed by atoms with Gasteiger partial charge in [0.25, 0.3) is 0 Å². The van der Waals surface area contributed by atoms with Gasteiger partial charge in [0.2, 0.25) is 5.91 Å². The summed E-state index contributed by atoms with van der Waals surface area (Å²) >= 11 is 0. The highest BCUT2D eigenvalue weighted by Gasteiger charge is 2.28. The van der Waals surface area contributed by atoms with Crippen LogP contribution in [0.1, 0.15) is 29.4 Å². The van der Waals surface area contributed by atoms with Gasteiger partial charge in [-0.3, -0.25) is 14.6 Å². The van der Waals surface area contributed by atoms with Crippen molar-refractivity contribution in [3.05, 3.63) is 83.2 Å². The van der Waals surface area contributed by atoms with Crippen molar-refractivity contribution < 1.29 is 4.79 Å². The molecular weight excluding hydrogens is 410 g/mol. The van der Waals surface area contributed by atoms with Crippen LogP contribution in [0.5, 0.6) is 0 Å². The molecule has 0 bridgehead atoms. The van der Waals surface area contributed by atoms with Gasteiger partial charge >= 0.3 is 0 Å². The molecule has 1 aromatic heterocycles. The van der Waals surface area contributed by atoms with Gasteiger partial charge in [-0.2, -0.15) is 5.10 Å². The highest BCUT2D eigenvalue weighted by atomic mass is 16.2. The highest BCUT2D eigenvalue weighted by Crippen LogP contribution is 2.20. The molecule has 1 unspecified atom stereocenters. The van der Waals surface area contributed by atoms with E-state index in [0.717, 1.165) is 49.8 Å². The lowest BCUT2D eigenvalue weighted by Crippen LogP contribution is -2.53. The Labute approximate surface area is 197 Å². The van der Waals surface area contributed by atoms with Crippen LogP contribution in [0, 0.1) is 13.8 Å². The number of aryl methyl sites for hydroxylation is 1. The topological polar surface area (TPSA) is 44.6 Å². The molecular formula is C27H35N5O. The summed E-state index contributed by atoms with van der Waals surface area (Å²) in [6.45, 7) is 11.2. The van der Waals surface area contributed by atoms with E-state index in [4.69, 9.17) is 5.10 Å². The third kappa shape index (κ3) is 5.34. The number of likely N-dealkylation sites (N-methyl/N-ethyl adjacent to an activating group) is 1. The Hall–Kier alpha value is -2.96. The molecule has 1 aliphatic heterocycles. The first-order valence-electron chi connectivity index (χ1n) is 11.8. The predicted octanol–water partition coefficient (Wildman–Crippen LogP) is 3.65. The molecule has 1 aliphatic rings. The number of piperazine rings is 1. The summed E-state index contributed by atoms with van der Waals surface area (Å²) in [7, 11) is 2.03. The van der Waals surface area contributed by atoms with Crippen LogP contribution in [0.3, 0.4) is 0 Å². The molecule has 0 spiro atoms. The lowest BCUT2D eigenvalue weighted by Gasteiger charge is -2.37. The van der Waals surface area contributed by atoms with Gasteiger partial charge in [-0.25, -0.2) is 4.68 Å². The van der Waals surface area contributed by atoms with Crippen LogP contribution in [-0.4, -0.2) is 69.7 Å². The van der Waals surface area contributed by atoms with Gasteiger partial charge in [-0.1, -0.05) is 48.5 Å². The molecule has 1 fully saturated rings. The summed E-state index contributed by atoms with van der Waals surface area (Å²) < 4.78 is 2.00. The summed E-state index contributed by atoms with van der Waals surface area (Å²) in [5.74, 6) is 0.211. The number of amides is 1. The molecule has 6 nitrogen and oxygen atoms in total. The number of benzene rings is 2. The molecule has 0 radical (unpaired) electrons. The van der Waals surface area contributed by atoms with Crippen LogP contribution in [0.25, 0.3) is 5.69 Å². The van der Waals surface area contributed by atoms with Gasteiger partial charge < -0.3 is 4.90 Å². The molecule has 6 heteroatoms. The Morgan fingerprint density at radius 1 is 0.970 bits per heavy atom. The van der Waals surface area contributed by atoms with Crippen molar-refractivity contribution in [1.82, 2.24) is 24.5 Å². The van der Waals surface area contributed by atoms with Crippen molar-refractivity contribution in [3.63, 3.8) is 0 Å². The largest absolute Gasteiger partial charge is 0.339 e. The third-order valence-corrected chi connectivity index (χ3v) is 6.80. The molecule has 2 aromatic carbocycles. The number of aromatic nitrogens is 2. The Kier molecular flexibility index (Phi) is 7.26. The Balaban J connectivity index is 1.34. The molecule has 2 heterocycles. The standard InChI is InChI=1S/C27H35N5O/c1-21-26(22(2)32(28-21)25-13-9-6-10-14-25)20-29(4)23(3)27(33)31-17-15-30(16-18-31)19-24-11-7-5-8-12-24/h5-14,23H,15-20H2,1-4H3. The zero-order valence-electron chi connectivity index (χ0n) is 20.2. The van der Waals surface area contributed by atoms with Crippen LogP contribution >= 0.6 is 0 Å². The van der Waals surface area contributed by atoms with Gasteiger partial charge in [-0.15, -0.1) is 0 Å². The first kappa shape index (κ1) is 23.2. The van der Waals surface area contributed by atoms with E-state index in [-0.39, 0.29) is 11.9 Å². The van der Waals surface area contributed by atoms with Crippen molar-refractivity contribution in [1.29, 1.82) is 0 Å². The second kappa shape index (κ2) is 10.3. The molecule has 0 saturated carbocycles. The van der Waals surface area contributed by atoms with E-state index in [1.807, 2.05) is 54.7 Å². The normalized spacial score (nSPS) is 15.7. The van der Waals surface area contributed by atoms with Crippen LogP contribution in [0.4, 0.5) is 0 Å². The van der Waals surface area contributed by atoms with Gasteiger partial charge in [0.15, 0.2) is 0 Å². The van der Waals surface area contributed by atoms with Crippen molar-refractivity contribution in [2.45, 2.75) is 39.9 Å². The monoisotopic (exact) mass is 445 g/mol. The minimum Gasteiger partial charge on any atom is -0.339 e. The molecule has 1 amide bonds. The van der Waals surface area contributed by atoms with E-state index in [1.54, 1.807) is 0 Å². The van der Waals surface area contributed by atoms with Crippen LogP contribution in [0.2, 0.25) is 0 Å². The van der Waals surface area contributed by atoms with E-state index in [2.05, 4.69) is 53.1 Å². The number of hydrogen-bond acceptors (Lipinski definition) is 4. The fraction of sp³-hybridized carbons (Fsp3) is 0.407. The zero-order valence-corrected chi connectivity index (χ0v) is 20.2. The molecule has 1 saturated heterocycles. The molecule has 33 heavy (non-hydrogen) atoms. The summed E-state index contributed by atoms with van der Waals surface area (Å²) in [6, 6.07) is 20.6.